The molecule has 0 spiro atoms. The van der Waals surface area contributed by atoms with Crippen molar-refractivity contribution >= 4 is 5.96 Å². The van der Waals surface area contributed by atoms with Gasteiger partial charge in [0.15, 0.2) is 11.8 Å². The van der Waals surface area contributed by atoms with Crippen molar-refractivity contribution in [2.75, 3.05) is 13.6 Å². The van der Waals surface area contributed by atoms with Crippen LogP contribution in [-0.2, 0) is 19.5 Å². The summed E-state index contributed by atoms with van der Waals surface area (Å²) in [6.45, 7) is 7.29. The Kier molecular flexibility index (Phi) is 8.05. The summed E-state index contributed by atoms with van der Waals surface area (Å²) < 4.78 is 2.25. The Bertz CT molecular complexity index is 506. The Hall–Kier alpha value is -1.59. The molecule has 0 aliphatic carbocycles. The van der Waals surface area contributed by atoms with Gasteiger partial charge in [0.25, 0.3) is 0 Å². The van der Waals surface area contributed by atoms with Crippen LogP contribution in [-0.4, -0.2) is 34.3 Å². The molecule has 0 unspecified atom stereocenters. The van der Waals surface area contributed by atoms with Crippen molar-refractivity contribution in [3.8, 4) is 0 Å². The zero-order valence-corrected chi connectivity index (χ0v) is 15.6. The molecule has 0 aromatic carbocycles. The standard InChI is InChI=1S/C18H34N6/c1-15(2)10-6-4-5-8-12-20-18(19-3)21-14-17-23-22-16-11-7-9-13-24(16)17/h15H,4-14H2,1-3H3,(H2,19,20,21). The van der Waals surface area contributed by atoms with Gasteiger partial charge in [-0.15, -0.1) is 10.2 Å². The van der Waals surface area contributed by atoms with E-state index in [1.807, 2.05) is 7.05 Å². The van der Waals surface area contributed by atoms with Gasteiger partial charge in [-0.1, -0.05) is 39.5 Å². The minimum Gasteiger partial charge on any atom is -0.356 e. The first-order valence-electron chi connectivity index (χ1n) is 9.56. The van der Waals surface area contributed by atoms with E-state index in [2.05, 4.69) is 44.2 Å². The number of nitrogens with zero attached hydrogens (tertiary/aromatic N) is 4. The average molecular weight is 335 g/mol. The van der Waals surface area contributed by atoms with E-state index in [1.165, 1.54) is 44.9 Å². The number of unbranched alkanes of at least 4 members (excludes halogenated alkanes) is 3. The predicted octanol–water partition coefficient (Wildman–Crippen LogP) is 2.89. The van der Waals surface area contributed by atoms with Crippen molar-refractivity contribution in [3.05, 3.63) is 11.6 Å². The number of fused-ring (bicyclic) bond motifs is 1. The number of aliphatic imine (C=N–C) groups is 1. The van der Waals surface area contributed by atoms with Crippen molar-refractivity contribution in [2.24, 2.45) is 10.9 Å². The van der Waals surface area contributed by atoms with Gasteiger partial charge in [-0.25, -0.2) is 0 Å². The normalized spacial score (nSPS) is 14.8. The van der Waals surface area contributed by atoms with Gasteiger partial charge in [0.1, 0.15) is 5.82 Å². The van der Waals surface area contributed by atoms with Crippen LogP contribution in [0.2, 0.25) is 0 Å². The average Bonchev–Trinajstić information content (AvgIpc) is 2.99. The van der Waals surface area contributed by atoms with Crippen molar-refractivity contribution < 1.29 is 0 Å². The fourth-order valence-electron chi connectivity index (χ4n) is 3.12. The number of aromatic nitrogens is 3. The molecule has 0 atom stereocenters. The molecular weight excluding hydrogens is 300 g/mol. The highest BCUT2D eigenvalue weighted by Gasteiger charge is 2.15. The molecule has 2 N–H and O–H groups in total. The van der Waals surface area contributed by atoms with Crippen LogP contribution in [0.15, 0.2) is 4.99 Å². The number of hydrogen-bond donors (Lipinski definition) is 2. The molecule has 6 heteroatoms. The smallest absolute Gasteiger partial charge is 0.191 e. The lowest BCUT2D eigenvalue weighted by atomic mass is 10.0. The van der Waals surface area contributed by atoms with Gasteiger partial charge in [-0.05, 0) is 25.2 Å². The number of rotatable bonds is 9. The summed E-state index contributed by atoms with van der Waals surface area (Å²) in [5.74, 6) is 3.82. The van der Waals surface area contributed by atoms with E-state index in [0.717, 1.165) is 43.0 Å². The first-order chi connectivity index (χ1) is 11.7. The van der Waals surface area contributed by atoms with Crippen molar-refractivity contribution in [1.29, 1.82) is 0 Å². The molecule has 1 aromatic rings. The highest BCUT2D eigenvalue weighted by molar-refractivity contribution is 5.79. The van der Waals surface area contributed by atoms with E-state index < -0.39 is 0 Å². The SMILES string of the molecule is CN=C(NCCCCCCC(C)C)NCc1nnc2n1CCCC2. The monoisotopic (exact) mass is 334 g/mol. The molecule has 0 amide bonds. The fourth-order valence-corrected chi connectivity index (χ4v) is 3.12. The van der Waals surface area contributed by atoms with E-state index in [1.54, 1.807) is 0 Å². The van der Waals surface area contributed by atoms with Crippen LogP contribution in [0.1, 0.15) is 70.4 Å². The van der Waals surface area contributed by atoms with Crippen LogP contribution in [0.25, 0.3) is 0 Å². The third-order valence-corrected chi connectivity index (χ3v) is 4.57. The second-order valence-electron chi connectivity index (χ2n) is 7.09. The van der Waals surface area contributed by atoms with Gasteiger partial charge < -0.3 is 15.2 Å². The van der Waals surface area contributed by atoms with Gasteiger partial charge in [-0.3, -0.25) is 4.99 Å². The molecule has 0 radical (unpaired) electrons. The maximum absolute atomic E-state index is 4.32. The zero-order chi connectivity index (χ0) is 17.2. The van der Waals surface area contributed by atoms with Crippen LogP contribution in [0.5, 0.6) is 0 Å². The predicted molar refractivity (Wildman–Crippen MR) is 99.1 cm³/mol. The van der Waals surface area contributed by atoms with E-state index >= 15 is 0 Å². The largest absolute Gasteiger partial charge is 0.356 e. The topological polar surface area (TPSA) is 67.1 Å². The Labute approximate surface area is 146 Å². The first-order valence-corrected chi connectivity index (χ1v) is 9.56. The lowest BCUT2D eigenvalue weighted by molar-refractivity contribution is 0.504. The summed E-state index contributed by atoms with van der Waals surface area (Å²) >= 11 is 0. The molecule has 0 saturated heterocycles. The highest BCUT2D eigenvalue weighted by atomic mass is 15.3. The maximum Gasteiger partial charge on any atom is 0.191 e. The molecule has 6 nitrogen and oxygen atoms in total. The number of nitrogens with one attached hydrogen (secondary N) is 2. The Morgan fingerprint density at radius 2 is 1.96 bits per heavy atom. The number of hydrogen-bond acceptors (Lipinski definition) is 3. The van der Waals surface area contributed by atoms with Gasteiger partial charge in [-0.2, -0.15) is 0 Å². The van der Waals surface area contributed by atoms with E-state index in [9.17, 15) is 0 Å². The summed E-state index contributed by atoms with van der Waals surface area (Å²) in [5, 5.41) is 15.4. The van der Waals surface area contributed by atoms with Crippen molar-refractivity contribution in [2.45, 2.75) is 78.3 Å². The lowest BCUT2D eigenvalue weighted by Gasteiger charge is -2.16. The van der Waals surface area contributed by atoms with Crippen LogP contribution in [0, 0.1) is 5.92 Å². The Morgan fingerprint density at radius 3 is 2.75 bits per heavy atom. The van der Waals surface area contributed by atoms with E-state index in [-0.39, 0.29) is 0 Å². The summed E-state index contributed by atoms with van der Waals surface area (Å²) in [5.41, 5.74) is 0. The lowest BCUT2D eigenvalue weighted by Crippen LogP contribution is -2.38. The van der Waals surface area contributed by atoms with Gasteiger partial charge in [0.2, 0.25) is 0 Å². The first kappa shape index (κ1) is 18.7. The molecule has 0 fully saturated rings. The molecule has 136 valence electrons. The third kappa shape index (κ3) is 6.13. The van der Waals surface area contributed by atoms with Crippen LogP contribution in [0.4, 0.5) is 0 Å². The molecule has 1 aliphatic rings. The molecule has 1 aromatic heterocycles. The second-order valence-corrected chi connectivity index (χ2v) is 7.09. The molecule has 24 heavy (non-hydrogen) atoms. The molecule has 1 aliphatic heterocycles. The quantitative estimate of drug-likeness (QED) is 0.414. The van der Waals surface area contributed by atoms with Crippen molar-refractivity contribution in [1.82, 2.24) is 25.4 Å². The highest BCUT2D eigenvalue weighted by Crippen LogP contribution is 2.14. The molecule has 0 saturated carbocycles. The molecule has 2 rings (SSSR count). The third-order valence-electron chi connectivity index (χ3n) is 4.57. The minimum absolute atomic E-state index is 0.682. The van der Waals surface area contributed by atoms with Gasteiger partial charge in [0, 0.05) is 26.6 Å². The Balaban J connectivity index is 1.62. The molecular formula is C18H34N6. The summed E-state index contributed by atoms with van der Waals surface area (Å²) in [4.78, 5) is 4.29. The molecule has 2 heterocycles. The number of guanidine groups is 1. The fraction of sp³-hybridized carbons (Fsp3) is 0.833. The van der Waals surface area contributed by atoms with Crippen LogP contribution < -0.4 is 10.6 Å². The maximum atomic E-state index is 4.32. The van der Waals surface area contributed by atoms with Gasteiger partial charge in [0.05, 0.1) is 6.54 Å². The minimum atomic E-state index is 0.682. The molecule has 0 bridgehead atoms. The summed E-state index contributed by atoms with van der Waals surface area (Å²) in [7, 11) is 1.82. The van der Waals surface area contributed by atoms with Crippen LogP contribution in [0.3, 0.4) is 0 Å². The summed E-state index contributed by atoms with van der Waals surface area (Å²) in [6.07, 6.45) is 10.0. The summed E-state index contributed by atoms with van der Waals surface area (Å²) in [6, 6.07) is 0. The second kappa shape index (κ2) is 10.3. The Morgan fingerprint density at radius 1 is 1.12 bits per heavy atom. The van der Waals surface area contributed by atoms with Gasteiger partial charge >= 0.3 is 0 Å². The van der Waals surface area contributed by atoms with E-state index in [0.29, 0.717) is 6.54 Å². The van der Waals surface area contributed by atoms with Crippen LogP contribution >= 0.6 is 0 Å². The van der Waals surface area contributed by atoms with Crippen molar-refractivity contribution in [3.63, 3.8) is 0 Å². The number of aryl methyl sites for hydroxylation is 1. The van der Waals surface area contributed by atoms with E-state index in [4.69, 9.17) is 0 Å². The zero-order valence-electron chi connectivity index (χ0n) is 15.6.